The van der Waals surface area contributed by atoms with Gasteiger partial charge < -0.3 is 15.0 Å². The van der Waals surface area contributed by atoms with E-state index >= 15 is 0 Å². The number of aromatic nitrogens is 3. The van der Waals surface area contributed by atoms with Crippen molar-refractivity contribution in [3.63, 3.8) is 0 Å². The molecule has 5 heteroatoms. The summed E-state index contributed by atoms with van der Waals surface area (Å²) in [5.41, 5.74) is 9.01. The molecule has 0 aliphatic carbocycles. The van der Waals surface area contributed by atoms with Crippen LogP contribution >= 0.6 is 0 Å². The van der Waals surface area contributed by atoms with Crippen LogP contribution in [0, 0.1) is 0 Å². The normalized spacial score (nSPS) is 11.6. The fraction of sp³-hybridized carbons (Fsp3) is 0.444. The highest BCUT2D eigenvalue weighted by atomic mass is 16.5. The lowest BCUT2D eigenvalue weighted by atomic mass is 10.2. The van der Waals surface area contributed by atoms with Crippen LogP contribution in [0.3, 0.4) is 0 Å². The van der Waals surface area contributed by atoms with Crippen LogP contribution in [0.15, 0.2) is 24.3 Å². The van der Waals surface area contributed by atoms with E-state index < -0.39 is 0 Å². The quantitative estimate of drug-likeness (QED) is 0.678. The number of pyridine rings is 1. The van der Waals surface area contributed by atoms with Crippen molar-refractivity contribution in [1.82, 2.24) is 14.5 Å². The Kier molecular flexibility index (Phi) is 4.76. The monoisotopic (exact) mass is 312 g/mol. The number of rotatable bonds is 7. The molecule has 0 saturated carbocycles. The highest BCUT2D eigenvalue weighted by Crippen LogP contribution is 2.29. The van der Waals surface area contributed by atoms with Crippen molar-refractivity contribution in [3.05, 3.63) is 30.1 Å². The molecule has 0 spiro atoms. The maximum atomic E-state index is 6.17. The molecule has 0 aliphatic rings. The van der Waals surface area contributed by atoms with Gasteiger partial charge in [-0.15, -0.1) is 0 Å². The first kappa shape index (κ1) is 15.7. The number of aryl methyl sites for hydroxylation is 1. The molecule has 0 unspecified atom stereocenters. The van der Waals surface area contributed by atoms with Gasteiger partial charge in [-0.2, -0.15) is 0 Å². The van der Waals surface area contributed by atoms with Crippen LogP contribution < -0.4 is 5.73 Å². The Morgan fingerprint density at radius 2 is 2.00 bits per heavy atom. The molecule has 5 nitrogen and oxygen atoms in total. The van der Waals surface area contributed by atoms with Crippen LogP contribution in [0.5, 0.6) is 0 Å². The maximum absolute atomic E-state index is 6.17. The lowest BCUT2D eigenvalue weighted by Gasteiger charge is -2.10. The average Bonchev–Trinajstić information content (AvgIpc) is 2.93. The van der Waals surface area contributed by atoms with E-state index in [0.717, 1.165) is 47.1 Å². The minimum absolute atomic E-state index is 0.506. The number of nitrogen functional groups attached to an aromatic ring is 1. The van der Waals surface area contributed by atoms with Gasteiger partial charge in [0.1, 0.15) is 11.3 Å². The van der Waals surface area contributed by atoms with Gasteiger partial charge in [-0.05, 0) is 12.5 Å². The Bertz CT molecular complexity index is 809. The van der Waals surface area contributed by atoms with Crippen molar-refractivity contribution in [3.8, 4) is 0 Å². The van der Waals surface area contributed by atoms with Crippen LogP contribution in [0.25, 0.3) is 21.9 Å². The Morgan fingerprint density at radius 3 is 2.78 bits per heavy atom. The second-order valence-electron chi connectivity index (χ2n) is 5.84. The predicted molar refractivity (Wildman–Crippen MR) is 94.6 cm³/mol. The predicted octanol–water partition coefficient (Wildman–Crippen LogP) is 3.55. The molecule has 0 aliphatic heterocycles. The summed E-state index contributed by atoms with van der Waals surface area (Å²) in [6, 6.07) is 8.13. The third kappa shape index (κ3) is 3.01. The van der Waals surface area contributed by atoms with E-state index in [1.165, 1.54) is 12.8 Å². The SMILES string of the molecule is CCCCCn1c(CCOC)nc2c(N)nc3ccccc3c21. The van der Waals surface area contributed by atoms with Crippen LogP contribution in [-0.4, -0.2) is 28.3 Å². The van der Waals surface area contributed by atoms with E-state index in [9.17, 15) is 0 Å². The molecule has 122 valence electrons. The number of unbranched alkanes of at least 4 members (excludes halogenated alkanes) is 2. The molecule has 2 aromatic heterocycles. The summed E-state index contributed by atoms with van der Waals surface area (Å²) in [6.07, 6.45) is 4.33. The summed E-state index contributed by atoms with van der Waals surface area (Å²) in [4.78, 5) is 9.28. The lowest BCUT2D eigenvalue weighted by molar-refractivity contribution is 0.199. The topological polar surface area (TPSA) is 66.0 Å². The number of ether oxygens (including phenoxy) is 1. The maximum Gasteiger partial charge on any atom is 0.152 e. The number of hydrogen-bond acceptors (Lipinski definition) is 4. The van der Waals surface area contributed by atoms with Crippen LogP contribution in [-0.2, 0) is 17.7 Å². The Morgan fingerprint density at radius 1 is 1.17 bits per heavy atom. The largest absolute Gasteiger partial charge is 0.384 e. The molecule has 3 rings (SSSR count). The minimum Gasteiger partial charge on any atom is -0.384 e. The van der Waals surface area contributed by atoms with Crippen molar-refractivity contribution < 1.29 is 4.74 Å². The van der Waals surface area contributed by atoms with Crippen molar-refractivity contribution in [1.29, 1.82) is 0 Å². The first-order valence-electron chi connectivity index (χ1n) is 8.28. The summed E-state index contributed by atoms with van der Waals surface area (Å²) < 4.78 is 7.55. The average molecular weight is 312 g/mol. The van der Waals surface area contributed by atoms with Gasteiger partial charge in [0.25, 0.3) is 0 Å². The number of nitrogens with zero attached hydrogens (tertiary/aromatic N) is 3. The van der Waals surface area contributed by atoms with Gasteiger partial charge in [0.05, 0.1) is 17.6 Å². The standard InChI is InChI=1S/C18H24N4O/c1-3-4-7-11-22-15(10-12-23-2)21-16-17(22)13-8-5-6-9-14(13)20-18(16)19/h5-6,8-9H,3-4,7,10-12H2,1-2H3,(H2,19,20). The molecule has 0 saturated heterocycles. The van der Waals surface area contributed by atoms with E-state index in [4.69, 9.17) is 15.5 Å². The number of methoxy groups -OCH3 is 1. The zero-order chi connectivity index (χ0) is 16.2. The second kappa shape index (κ2) is 6.96. The highest BCUT2D eigenvalue weighted by molar-refractivity contribution is 6.06. The Hall–Kier alpha value is -2.14. The number of nitrogens with two attached hydrogens (primary N) is 1. The van der Waals surface area contributed by atoms with Gasteiger partial charge >= 0.3 is 0 Å². The van der Waals surface area contributed by atoms with E-state index in [2.05, 4.69) is 22.5 Å². The number of imidazole rings is 1. The fourth-order valence-electron chi connectivity index (χ4n) is 3.05. The molecular formula is C18H24N4O. The number of hydrogen-bond donors (Lipinski definition) is 1. The van der Waals surface area contributed by atoms with Gasteiger partial charge in [0, 0.05) is 25.5 Å². The summed E-state index contributed by atoms with van der Waals surface area (Å²) in [5, 5.41) is 1.12. The first-order chi connectivity index (χ1) is 11.3. The van der Waals surface area contributed by atoms with Crippen molar-refractivity contribution in [2.45, 2.75) is 39.2 Å². The summed E-state index contributed by atoms with van der Waals surface area (Å²) >= 11 is 0. The van der Waals surface area contributed by atoms with E-state index in [1.807, 2.05) is 18.2 Å². The Labute approximate surface area is 136 Å². The molecule has 0 atom stereocenters. The smallest absolute Gasteiger partial charge is 0.152 e. The molecule has 0 fully saturated rings. The van der Waals surface area contributed by atoms with Crippen molar-refractivity contribution in [2.75, 3.05) is 19.5 Å². The first-order valence-corrected chi connectivity index (χ1v) is 8.28. The third-order valence-electron chi connectivity index (χ3n) is 4.20. The molecule has 23 heavy (non-hydrogen) atoms. The summed E-state index contributed by atoms with van der Waals surface area (Å²) in [7, 11) is 1.72. The summed E-state index contributed by atoms with van der Waals surface area (Å²) in [6.45, 7) is 3.83. The minimum atomic E-state index is 0.506. The second-order valence-corrected chi connectivity index (χ2v) is 5.84. The van der Waals surface area contributed by atoms with E-state index in [0.29, 0.717) is 12.4 Å². The van der Waals surface area contributed by atoms with E-state index in [-0.39, 0.29) is 0 Å². The van der Waals surface area contributed by atoms with Crippen molar-refractivity contribution >= 4 is 27.8 Å². The molecule has 1 aromatic carbocycles. The molecular weight excluding hydrogens is 288 g/mol. The van der Waals surface area contributed by atoms with Gasteiger partial charge in [-0.25, -0.2) is 9.97 Å². The van der Waals surface area contributed by atoms with Gasteiger partial charge in [0.2, 0.25) is 0 Å². The number of anilines is 1. The van der Waals surface area contributed by atoms with Gasteiger partial charge in [0.15, 0.2) is 5.82 Å². The van der Waals surface area contributed by atoms with Crippen LogP contribution in [0.1, 0.15) is 32.0 Å². The number of benzene rings is 1. The molecule has 0 radical (unpaired) electrons. The van der Waals surface area contributed by atoms with Gasteiger partial charge in [-0.1, -0.05) is 38.0 Å². The Balaban J connectivity index is 2.19. The van der Waals surface area contributed by atoms with Crippen molar-refractivity contribution in [2.24, 2.45) is 0 Å². The zero-order valence-electron chi connectivity index (χ0n) is 13.9. The zero-order valence-corrected chi connectivity index (χ0v) is 13.9. The molecule has 2 heterocycles. The number of fused-ring (bicyclic) bond motifs is 3. The van der Waals surface area contributed by atoms with Gasteiger partial charge in [-0.3, -0.25) is 0 Å². The van der Waals surface area contributed by atoms with E-state index in [1.54, 1.807) is 7.11 Å². The molecule has 0 amide bonds. The van der Waals surface area contributed by atoms with Crippen LogP contribution in [0.2, 0.25) is 0 Å². The third-order valence-corrected chi connectivity index (χ3v) is 4.20. The molecule has 3 aromatic rings. The van der Waals surface area contributed by atoms with Crippen LogP contribution in [0.4, 0.5) is 5.82 Å². The lowest BCUT2D eigenvalue weighted by Crippen LogP contribution is -2.07. The molecule has 2 N–H and O–H groups in total. The highest BCUT2D eigenvalue weighted by Gasteiger charge is 2.16. The number of para-hydroxylation sites is 1. The molecule has 0 bridgehead atoms. The summed E-state index contributed by atoms with van der Waals surface area (Å²) in [5.74, 6) is 1.54. The fourth-order valence-corrected chi connectivity index (χ4v) is 3.05.